The first-order valence-corrected chi connectivity index (χ1v) is 7.11. The maximum absolute atomic E-state index is 6.27. The van der Waals surface area contributed by atoms with Gasteiger partial charge in [0.05, 0.1) is 17.2 Å². The lowest BCUT2D eigenvalue weighted by Gasteiger charge is -2.17. The second kappa shape index (κ2) is 6.49. The normalized spacial score (nSPS) is 12.2. The van der Waals surface area contributed by atoms with E-state index < -0.39 is 0 Å². The topological polar surface area (TPSA) is 35.2 Å². The van der Waals surface area contributed by atoms with Gasteiger partial charge >= 0.3 is 0 Å². The predicted octanol–water partition coefficient (Wildman–Crippen LogP) is 4.55. The van der Waals surface area contributed by atoms with Crippen molar-refractivity contribution in [3.05, 3.63) is 63.1 Å². The monoisotopic (exact) mass is 309 g/mol. The van der Waals surface area contributed by atoms with Crippen molar-refractivity contribution < 1.29 is 4.74 Å². The van der Waals surface area contributed by atoms with E-state index in [1.807, 2.05) is 31.2 Å². The summed E-state index contributed by atoms with van der Waals surface area (Å²) < 4.78 is 5.38. The van der Waals surface area contributed by atoms with Crippen LogP contribution in [0.4, 0.5) is 0 Å². The van der Waals surface area contributed by atoms with E-state index in [-0.39, 0.29) is 6.04 Å². The highest BCUT2D eigenvalue weighted by atomic mass is 35.5. The molecule has 0 aliphatic rings. The summed E-state index contributed by atoms with van der Waals surface area (Å²) in [5.41, 5.74) is 9.36. The summed E-state index contributed by atoms with van der Waals surface area (Å²) in [4.78, 5) is 0. The summed E-state index contributed by atoms with van der Waals surface area (Å²) in [6.07, 6.45) is 0.644. The highest BCUT2D eigenvalue weighted by molar-refractivity contribution is 6.42. The average molecular weight is 310 g/mol. The van der Waals surface area contributed by atoms with E-state index in [2.05, 4.69) is 6.07 Å². The standard InChI is InChI=1S/C16H17Cl2NO/c1-10-6-7-15(20-2)11(8-10)9-14(19)12-4-3-5-13(17)16(12)18/h3-8,14H,9,19H2,1-2H3. The Labute approximate surface area is 129 Å². The zero-order valence-electron chi connectivity index (χ0n) is 11.5. The zero-order valence-corrected chi connectivity index (χ0v) is 13.0. The number of methoxy groups -OCH3 is 1. The zero-order chi connectivity index (χ0) is 14.7. The molecule has 106 valence electrons. The van der Waals surface area contributed by atoms with Crippen LogP contribution in [0.2, 0.25) is 10.0 Å². The van der Waals surface area contributed by atoms with Crippen LogP contribution in [0.25, 0.3) is 0 Å². The quantitative estimate of drug-likeness (QED) is 0.899. The van der Waals surface area contributed by atoms with E-state index in [4.69, 9.17) is 33.7 Å². The number of hydrogen-bond donors (Lipinski definition) is 1. The van der Waals surface area contributed by atoms with Crippen molar-refractivity contribution in [3.63, 3.8) is 0 Å². The van der Waals surface area contributed by atoms with E-state index in [1.165, 1.54) is 5.56 Å². The van der Waals surface area contributed by atoms with Crippen molar-refractivity contribution in [2.24, 2.45) is 5.73 Å². The molecule has 0 aromatic heterocycles. The third-order valence-electron chi connectivity index (χ3n) is 3.26. The minimum Gasteiger partial charge on any atom is -0.496 e. The minimum absolute atomic E-state index is 0.225. The molecule has 0 saturated carbocycles. The lowest BCUT2D eigenvalue weighted by atomic mass is 9.98. The second-order valence-electron chi connectivity index (χ2n) is 4.77. The van der Waals surface area contributed by atoms with Gasteiger partial charge in [-0.15, -0.1) is 0 Å². The van der Waals surface area contributed by atoms with E-state index in [0.29, 0.717) is 16.5 Å². The largest absolute Gasteiger partial charge is 0.496 e. The van der Waals surface area contributed by atoms with E-state index in [1.54, 1.807) is 13.2 Å². The molecule has 1 atom stereocenters. The lowest BCUT2D eigenvalue weighted by molar-refractivity contribution is 0.408. The third kappa shape index (κ3) is 3.26. The SMILES string of the molecule is COc1ccc(C)cc1CC(N)c1cccc(Cl)c1Cl. The molecule has 2 N–H and O–H groups in total. The molecule has 0 heterocycles. The Morgan fingerprint density at radius 3 is 2.65 bits per heavy atom. The van der Waals surface area contributed by atoms with Crippen LogP contribution in [-0.2, 0) is 6.42 Å². The van der Waals surface area contributed by atoms with Gasteiger partial charge in [0.15, 0.2) is 0 Å². The molecule has 0 aliphatic carbocycles. The Hall–Kier alpha value is -1.22. The van der Waals surface area contributed by atoms with E-state index in [9.17, 15) is 0 Å². The van der Waals surface area contributed by atoms with Crippen LogP contribution in [0.5, 0.6) is 5.75 Å². The predicted molar refractivity (Wildman–Crippen MR) is 84.8 cm³/mol. The maximum Gasteiger partial charge on any atom is 0.122 e. The Morgan fingerprint density at radius 1 is 1.20 bits per heavy atom. The highest BCUT2D eigenvalue weighted by Gasteiger charge is 2.15. The molecule has 4 heteroatoms. The van der Waals surface area contributed by atoms with Crippen LogP contribution in [0.1, 0.15) is 22.7 Å². The summed E-state index contributed by atoms with van der Waals surface area (Å²) in [5, 5.41) is 1.05. The Balaban J connectivity index is 2.30. The minimum atomic E-state index is -0.225. The molecule has 0 aliphatic heterocycles. The van der Waals surface area contributed by atoms with Gasteiger partial charge in [0.25, 0.3) is 0 Å². The molecule has 2 aromatic rings. The molecule has 0 saturated heterocycles. The van der Waals surface area contributed by atoms with Gasteiger partial charge in [-0.3, -0.25) is 0 Å². The number of benzene rings is 2. The number of ether oxygens (including phenoxy) is 1. The molecule has 2 aromatic carbocycles. The molecule has 1 unspecified atom stereocenters. The maximum atomic E-state index is 6.27. The van der Waals surface area contributed by atoms with Gasteiger partial charge in [-0.25, -0.2) is 0 Å². The molecule has 0 spiro atoms. The van der Waals surface area contributed by atoms with Gasteiger partial charge in [0.1, 0.15) is 5.75 Å². The number of aryl methyl sites for hydroxylation is 1. The first-order valence-electron chi connectivity index (χ1n) is 6.36. The molecule has 0 radical (unpaired) electrons. The van der Waals surface area contributed by atoms with E-state index in [0.717, 1.165) is 16.9 Å². The molecule has 0 fully saturated rings. The summed E-state index contributed by atoms with van der Waals surface area (Å²) in [7, 11) is 1.66. The van der Waals surface area contributed by atoms with Crippen LogP contribution >= 0.6 is 23.2 Å². The second-order valence-corrected chi connectivity index (χ2v) is 5.55. The number of hydrogen-bond acceptors (Lipinski definition) is 2. The van der Waals surface area contributed by atoms with Gasteiger partial charge in [0, 0.05) is 6.04 Å². The molecule has 0 bridgehead atoms. The van der Waals surface area contributed by atoms with Gasteiger partial charge in [-0.05, 0) is 36.6 Å². The van der Waals surface area contributed by atoms with Gasteiger partial charge in [-0.1, -0.05) is 53.0 Å². The van der Waals surface area contributed by atoms with Gasteiger partial charge in [-0.2, -0.15) is 0 Å². The summed E-state index contributed by atoms with van der Waals surface area (Å²) >= 11 is 12.2. The summed E-state index contributed by atoms with van der Waals surface area (Å²) in [5.74, 6) is 0.837. The molecular formula is C16H17Cl2NO. The molecule has 0 amide bonds. The average Bonchev–Trinajstić information content (AvgIpc) is 2.42. The van der Waals surface area contributed by atoms with Crippen molar-refractivity contribution in [2.75, 3.05) is 7.11 Å². The summed E-state index contributed by atoms with van der Waals surface area (Å²) in [6.45, 7) is 2.04. The molecule has 2 nitrogen and oxygen atoms in total. The van der Waals surface area contributed by atoms with Crippen LogP contribution in [0, 0.1) is 6.92 Å². The molecule has 20 heavy (non-hydrogen) atoms. The van der Waals surface area contributed by atoms with Crippen LogP contribution < -0.4 is 10.5 Å². The van der Waals surface area contributed by atoms with Crippen molar-refractivity contribution >= 4 is 23.2 Å². The Morgan fingerprint density at radius 2 is 1.95 bits per heavy atom. The molecule has 2 rings (SSSR count). The first-order chi connectivity index (χ1) is 9.52. The van der Waals surface area contributed by atoms with Crippen LogP contribution in [-0.4, -0.2) is 7.11 Å². The van der Waals surface area contributed by atoms with Crippen molar-refractivity contribution in [1.29, 1.82) is 0 Å². The highest BCUT2D eigenvalue weighted by Crippen LogP contribution is 2.32. The van der Waals surface area contributed by atoms with Crippen LogP contribution in [0.3, 0.4) is 0 Å². The fraction of sp³-hybridized carbons (Fsp3) is 0.250. The van der Waals surface area contributed by atoms with Crippen LogP contribution in [0.15, 0.2) is 36.4 Å². The van der Waals surface area contributed by atoms with E-state index >= 15 is 0 Å². The van der Waals surface area contributed by atoms with Crippen molar-refractivity contribution in [1.82, 2.24) is 0 Å². The fourth-order valence-corrected chi connectivity index (χ4v) is 2.67. The van der Waals surface area contributed by atoms with Gasteiger partial charge < -0.3 is 10.5 Å². The third-order valence-corrected chi connectivity index (χ3v) is 4.09. The lowest BCUT2D eigenvalue weighted by Crippen LogP contribution is -2.14. The number of rotatable bonds is 4. The number of halogens is 2. The Kier molecular flexibility index (Phi) is 4.92. The first kappa shape index (κ1) is 15.2. The number of nitrogens with two attached hydrogens (primary N) is 1. The smallest absolute Gasteiger partial charge is 0.122 e. The molecular weight excluding hydrogens is 293 g/mol. The summed E-state index contributed by atoms with van der Waals surface area (Å²) in [6, 6.07) is 11.3. The fourth-order valence-electron chi connectivity index (χ4n) is 2.22. The van der Waals surface area contributed by atoms with Crippen molar-refractivity contribution in [3.8, 4) is 5.75 Å². The Bertz CT molecular complexity index is 613. The van der Waals surface area contributed by atoms with Gasteiger partial charge in [0.2, 0.25) is 0 Å². The van der Waals surface area contributed by atoms with Crippen molar-refractivity contribution in [2.45, 2.75) is 19.4 Å².